The third-order valence-electron chi connectivity index (χ3n) is 3.41. The summed E-state index contributed by atoms with van der Waals surface area (Å²) < 4.78 is 47.1. The average Bonchev–Trinajstić information content (AvgIpc) is 2.80. The fraction of sp³-hybridized carbons (Fsp3) is 0.333. The fourth-order valence-electron chi connectivity index (χ4n) is 2.39. The van der Waals surface area contributed by atoms with Crippen LogP contribution in [0.4, 0.5) is 10.1 Å². The molecular formula is C12H13ClFN3O3S. The number of hydrogen-bond acceptors (Lipinski definition) is 3. The quantitative estimate of drug-likeness (QED) is 0.903. The van der Waals surface area contributed by atoms with Crippen molar-refractivity contribution in [3.05, 3.63) is 28.7 Å². The topological polar surface area (TPSA) is 74.4 Å². The van der Waals surface area contributed by atoms with Crippen LogP contribution in [0.5, 0.6) is 0 Å². The Hall–Kier alpha value is -1.35. The highest BCUT2D eigenvalue weighted by Gasteiger charge is 2.31. The number of ether oxygens (including phenoxy) is 1. The van der Waals surface area contributed by atoms with Crippen molar-refractivity contribution in [2.45, 2.75) is 6.54 Å². The summed E-state index contributed by atoms with van der Waals surface area (Å²) in [7, 11) is -2.20. The van der Waals surface area contributed by atoms with E-state index in [0.717, 1.165) is 0 Å². The first-order valence-electron chi connectivity index (χ1n) is 6.19. The van der Waals surface area contributed by atoms with E-state index in [9.17, 15) is 12.8 Å². The molecule has 2 N–H and O–H groups in total. The molecule has 0 radical (unpaired) electrons. The van der Waals surface area contributed by atoms with E-state index in [2.05, 4.69) is 9.71 Å². The number of anilines is 1. The second-order valence-corrected chi connectivity index (χ2v) is 6.79. The second-order valence-electron chi connectivity index (χ2n) is 4.71. The van der Waals surface area contributed by atoms with E-state index in [1.807, 2.05) is 0 Å². The minimum atomic E-state index is -3.69. The number of nitrogens with zero attached hydrogens (tertiary/aromatic N) is 1. The molecule has 0 amide bonds. The number of hydrogen-bond donors (Lipinski definition) is 2. The number of methoxy groups -OCH3 is 1. The summed E-state index contributed by atoms with van der Waals surface area (Å²) in [6, 6.07) is 1.30. The van der Waals surface area contributed by atoms with Crippen molar-refractivity contribution in [1.82, 2.24) is 9.29 Å². The Morgan fingerprint density at radius 3 is 3.00 bits per heavy atom. The lowest BCUT2D eigenvalue weighted by Crippen LogP contribution is -2.41. The Balaban J connectivity index is 2.12. The molecule has 2 aromatic rings. The van der Waals surface area contributed by atoms with E-state index in [4.69, 9.17) is 16.3 Å². The van der Waals surface area contributed by atoms with Crippen LogP contribution in [0.1, 0.15) is 5.56 Å². The molecule has 3 rings (SSSR count). The Morgan fingerprint density at radius 1 is 1.52 bits per heavy atom. The van der Waals surface area contributed by atoms with Gasteiger partial charge in [0.1, 0.15) is 5.82 Å². The van der Waals surface area contributed by atoms with Crippen molar-refractivity contribution in [1.29, 1.82) is 0 Å². The summed E-state index contributed by atoms with van der Waals surface area (Å²) in [6.07, 6.45) is 1.43. The molecule has 0 fully saturated rings. The van der Waals surface area contributed by atoms with E-state index in [1.54, 1.807) is 0 Å². The van der Waals surface area contributed by atoms with Crippen molar-refractivity contribution in [2.75, 3.05) is 25.0 Å². The molecule has 0 bridgehead atoms. The van der Waals surface area contributed by atoms with Gasteiger partial charge in [-0.1, -0.05) is 11.6 Å². The van der Waals surface area contributed by atoms with E-state index in [1.165, 1.54) is 23.7 Å². The van der Waals surface area contributed by atoms with Gasteiger partial charge in [0.05, 0.1) is 28.2 Å². The number of aromatic nitrogens is 1. The van der Waals surface area contributed by atoms with Crippen LogP contribution in [0.2, 0.25) is 5.02 Å². The Kier molecular flexibility index (Phi) is 3.56. The molecule has 0 saturated heterocycles. The van der Waals surface area contributed by atoms with Gasteiger partial charge in [-0.05, 0) is 11.6 Å². The predicted octanol–water partition coefficient (Wildman–Crippen LogP) is 2.08. The maximum Gasteiger partial charge on any atom is 0.302 e. The lowest BCUT2D eigenvalue weighted by atomic mass is 10.1. The maximum atomic E-state index is 14.1. The average molecular weight is 334 g/mol. The Labute approximate surface area is 126 Å². The number of H-pyrrole nitrogens is 1. The monoisotopic (exact) mass is 333 g/mol. The van der Waals surface area contributed by atoms with Crippen molar-refractivity contribution in [3.8, 4) is 0 Å². The highest BCUT2D eigenvalue weighted by molar-refractivity contribution is 7.90. The first-order valence-corrected chi connectivity index (χ1v) is 8.00. The Bertz CT molecular complexity index is 806. The van der Waals surface area contributed by atoms with Crippen LogP contribution in [0.15, 0.2) is 12.3 Å². The smallest absolute Gasteiger partial charge is 0.302 e. The van der Waals surface area contributed by atoms with E-state index < -0.39 is 16.0 Å². The van der Waals surface area contributed by atoms with Crippen molar-refractivity contribution < 1.29 is 17.5 Å². The SMILES string of the molecule is COCCN1Cc2cc(F)c3c(Cl)c[nH]c3c2NS1(=O)=O. The van der Waals surface area contributed by atoms with E-state index in [0.29, 0.717) is 16.8 Å². The van der Waals surface area contributed by atoms with Gasteiger partial charge in [-0.2, -0.15) is 12.7 Å². The standard InChI is InChI=1S/C12H13ClFN3O3S/c1-20-3-2-17-6-7-4-9(14)10-8(13)5-15-12(10)11(7)16-21(17,18)19/h4-5,15-16H,2-3,6H2,1H3. The van der Waals surface area contributed by atoms with Gasteiger partial charge in [0.25, 0.3) is 0 Å². The molecule has 1 aromatic heterocycles. The van der Waals surface area contributed by atoms with Gasteiger partial charge in [-0.15, -0.1) is 0 Å². The molecule has 1 aromatic carbocycles. The van der Waals surface area contributed by atoms with Crippen LogP contribution in [-0.4, -0.2) is 38.0 Å². The number of fused-ring (bicyclic) bond motifs is 3. The molecular weight excluding hydrogens is 321 g/mol. The highest BCUT2D eigenvalue weighted by Crippen LogP contribution is 2.37. The van der Waals surface area contributed by atoms with Crippen molar-refractivity contribution >= 4 is 38.4 Å². The first kappa shape index (κ1) is 14.6. The predicted molar refractivity (Wildman–Crippen MR) is 78.1 cm³/mol. The third-order valence-corrected chi connectivity index (χ3v) is 5.16. The largest absolute Gasteiger partial charge is 0.383 e. The summed E-state index contributed by atoms with van der Waals surface area (Å²) in [5.41, 5.74) is 1.24. The number of rotatable bonds is 3. The van der Waals surface area contributed by atoms with E-state index in [-0.39, 0.29) is 30.1 Å². The number of aromatic amines is 1. The van der Waals surface area contributed by atoms with Crippen molar-refractivity contribution in [3.63, 3.8) is 0 Å². The van der Waals surface area contributed by atoms with E-state index >= 15 is 0 Å². The summed E-state index contributed by atoms with van der Waals surface area (Å²) >= 11 is 5.91. The molecule has 0 aliphatic carbocycles. The van der Waals surface area contributed by atoms with Gasteiger partial charge in [0.15, 0.2) is 0 Å². The van der Waals surface area contributed by atoms with Gasteiger partial charge in [-0.3, -0.25) is 4.72 Å². The third kappa shape index (κ3) is 2.38. The van der Waals surface area contributed by atoms with Crippen LogP contribution in [0, 0.1) is 5.82 Å². The molecule has 21 heavy (non-hydrogen) atoms. The van der Waals surface area contributed by atoms with Gasteiger partial charge >= 0.3 is 10.2 Å². The van der Waals surface area contributed by atoms with Crippen molar-refractivity contribution in [2.24, 2.45) is 0 Å². The summed E-state index contributed by atoms with van der Waals surface area (Å²) in [5.74, 6) is -0.484. The first-order chi connectivity index (χ1) is 9.94. The van der Waals surface area contributed by atoms with Gasteiger partial charge in [0, 0.05) is 26.4 Å². The molecule has 0 spiro atoms. The lowest BCUT2D eigenvalue weighted by Gasteiger charge is -2.29. The number of benzene rings is 1. The molecule has 9 heteroatoms. The summed E-state index contributed by atoms with van der Waals surface area (Å²) in [6.45, 7) is 0.531. The summed E-state index contributed by atoms with van der Waals surface area (Å²) in [4.78, 5) is 2.81. The molecule has 0 saturated carbocycles. The second kappa shape index (κ2) is 5.13. The minimum absolute atomic E-state index is 0.0809. The van der Waals surface area contributed by atoms with Crippen LogP contribution >= 0.6 is 11.6 Å². The zero-order chi connectivity index (χ0) is 15.2. The zero-order valence-electron chi connectivity index (χ0n) is 11.1. The van der Waals surface area contributed by atoms with Gasteiger partial charge in [0.2, 0.25) is 0 Å². The molecule has 0 atom stereocenters. The van der Waals surface area contributed by atoms with Crippen LogP contribution in [0.25, 0.3) is 10.9 Å². The zero-order valence-corrected chi connectivity index (χ0v) is 12.7. The molecule has 0 unspecified atom stereocenters. The normalized spacial score (nSPS) is 17.7. The number of nitrogens with one attached hydrogen (secondary N) is 2. The van der Waals surface area contributed by atoms with Gasteiger partial charge in [-0.25, -0.2) is 4.39 Å². The number of halogens is 2. The van der Waals surface area contributed by atoms with Crippen LogP contribution in [0.3, 0.4) is 0 Å². The molecule has 2 heterocycles. The molecule has 114 valence electrons. The highest BCUT2D eigenvalue weighted by atomic mass is 35.5. The molecule has 1 aliphatic rings. The fourth-order valence-corrected chi connectivity index (χ4v) is 3.87. The molecule has 6 nitrogen and oxygen atoms in total. The van der Waals surface area contributed by atoms with Gasteiger partial charge < -0.3 is 9.72 Å². The van der Waals surface area contributed by atoms with Crippen LogP contribution in [-0.2, 0) is 21.5 Å². The maximum absolute atomic E-state index is 14.1. The summed E-state index contributed by atoms with van der Waals surface area (Å²) in [5, 5.41) is 0.398. The molecule has 1 aliphatic heterocycles. The minimum Gasteiger partial charge on any atom is -0.383 e. The Morgan fingerprint density at radius 2 is 2.29 bits per heavy atom. The lowest BCUT2D eigenvalue weighted by molar-refractivity contribution is 0.177. The van der Waals surface area contributed by atoms with Crippen LogP contribution < -0.4 is 4.72 Å².